The van der Waals surface area contributed by atoms with E-state index in [4.69, 9.17) is 5.73 Å². The molecule has 0 atom stereocenters. The number of rotatable bonds is 4. The second-order valence-electron chi connectivity index (χ2n) is 4.10. The van der Waals surface area contributed by atoms with E-state index in [1.165, 1.54) is 4.88 Å². The van der Waals surface area contributed by atoms with Crippen LogP contribution in [0.15, 0.2) is 18.5 Å². The Morgan fingerprint density at radius 1 is 1.42 bits per heavy atom. The maximum atomic E-state index is 5.72. The van der Waals surface area contributed by atoms with Gasteiger partial charge in [-0.05, 0) is 13.0 Å². The smallest absolute Gasteiger partial charge is 0.223 e. The van der Waals surface area contributed by atoms with Crippen LogP contribution in [0.4, 0.5) is 11.8 Å². The lowest BCUT2D eigenvalue weighted by molar-refractivity contribution is 0.608. The maximum Gasteiger partial charge on any atom is 0.223 e. The Morgan fingerprint density at radius 3 is 3.11 bits per heavy atom. The number of aromatic nitrogens is 5. The molecular weight excluding hydrogens is 262 g/mol. The first-order chi connectivity index (χ1) is 9.22. The second kappa shape index (κ2) is 4.81. The van der Waals surface area contributed by atoms with Crippen LogP contribution in [0.5, 0.6) is 0 Å². The predicted molar refractivity (Wildman–Crippen MR) is 75.1 cm³/mol. The number of aryl methyl sites for hydroxylation is 1. The van der Waals surface area contributed by atoms with Crippen LogP contribution in [-0.2, 0) is 6.54 Å². The van der Waals surface area contributed by atoms with Gasteiger partial charge in [0.05, 0.1) is 18.1 Å². The van der Waals surface area contributed by atoms with Crippen molar-refractivity contribution in [2.45, 2.75) is 13.5 Å². The highest BCUT2D eigenvalue weighted by atomic mass is 32.1. The normalized spacial score (nSPS) is 11.0. The average molecular weight is 275 g/mol. The van der Waals surface area contributed by atoms with Crippen molar-refractivity contribution in [2.75, 3.05) is 17.6 Å². The molecule has 3 heterocycles. The molecule has 0 radical (unpaired) electrons. The van der Waals surface area contributed by atoms with Crippen molar-refractivity contribution in [2.24, 2.45) is 0 Å². The van der Waals surface area contributed by atoms with Gasteiger partial charge in [-0.15, -0.1) is 16.4 Å². The Hall–Kier alpha value is -2.22. The van der Waals surface area contributed by atoms with Crippen LogP contribution >= 0.6 is 11.3 Å². The lowest BCUT2D eigenvalue weighted by atomic mass is 10.3. The Labute approximate surface area is 113 Å². The van der Waals surface area contributed by atoms with Gasteiger partial charge in [-0.1, -0.05) is 5.21 Å². The minimum atomic E-state index is 0.289. The zero-order chi connectivity index (χ0) is 13.2. The topological polar surface area (TPSA) is 94.5 Å². The summed E-state index contributed by atoms with van der Waals surface area (Å²) in [4.78, 5) is 10.6. The molecule has 0 aliphatic rings. The van der Waals surface area contributed by atoms with Crippen molar-refractivity contribution in [3.8, 4) is 0 Å². The number of fused-ring (bicyclic) bond motifs is 1. The van der Waals surface area contributed by atoms with Crippen LogP contribution < -0.4 is 11.1 Å². The zero-order valence-corrected chi connectivity index (χ0v) is 11.2. The van der Waals surface area contributed by atoms with Crippen LogP contribution in [0.2, 0.25) is 0 Å². The fourth-order valence-corrected chi connectivity index (χ4v) is 2.72. The van der Waals surface area contributed by atoms with Crippen molar-refractivity contribution in [3.05, 3.63) is 23.3 Å². The molecule has 0 amide bonds. The molecule has 7 nitrogen and oxygen atoms in total. The van der Waals surface area contributed by atoms with E-state index in [2.05, 4.69) is 31.7 Å². The van der Waals surface area contributed by atoms with Crippen LogP contribution in [0.25, 0.3) is 10.2 Å². The summed E-state index contributed by atoms with van der Waals surface area (Å²) < 4.78 is 1.76. The summed E-state index contributed by atoms with van der Waals surface area (Å²) in [6.07, 6.45) is 3.48. The Balaban J connectivity index is 1.79. The SMILES string of the molecule is Cc1cc2c(NCCn3ccnn3)nc(N)nc2s1. The minimum Gasteiger partial charge on any atom is -0.368 e. The summed E-state index contributed by atoms with van der Waals surface area (Å²) in [6.45, 7) is 3.46. The molecule has 3 rings (SSSR count). The molecule has 19 heavy (non-hydrogen) atoms. The van der Waals surface area contributed by atoms with Gasteiger partial charge in [0.15, 0.2) is 0 Å². The fraction of sp³-hybridized carbons (Fsp3) is 0.273. The summed E-state index contributed by atoms with van der Waals surface area (Å²) in [5.41, 5.74) is 5.72. The molecule has 0 aliphatic heterocycles. The van der Waals surface area contributed by atoms with Gasteiger partial charge in [-0.25, -0.2) is 4.98 Å². The van der Waals surface area contributed by atoms with E-state index >= 15 is 0 Å². The third-order valence-electron chi connectivity index (χ3n) is 2.64. The molecule has 98 valence electrons. The van der Waals surface area contributed by atoms with E-state index in [0.29, 0.717) is 13.1 Å². The molecule has 0 fully saturated rings. The van der Waals surface area contributed by atoms with Crippen molar-refractivity contribution in [1.82, 2.24) is 25.0 Å². The Bertz CT molecular complexity index is 688. The van der Waals surface area contributed by atoms with Gasteiger partial charge in [0.1, 0.15) is 10.6 Å². The lowest BCUT2D eigenvalue weighted by Crippen LogP contribution is -2.12. The maximum absolute atomic E-state index is 5.72. The number of thiophene rings is 1. The third-order valence-corrected chi connectivity index (χ3v) is 3.58. The summed E-state index contributed by atoms with van der Waals surface area (Å²) in [6, 6.07) is 2.07. The van der Waals surface area contributed by atoms with E-state index in [-0.39, 0.29) is 5.95 Å². The highest BCUT2D eigenvalue weighted by Crippen LogP contribution is 2.28. The van der Waals surface area contributed by atoms with Gasteiger partial charge in [0.2, 0.25) is 5.95 Å². The third kappa shape index (κ3) is 2.48. The van der Waals surface area contributed by atoms with Crippen LogP contribution in [0.3, 0.4) is 0 Å². The van der Waals surface area contributed by atoms with E-state index in [1.807, 2.05) is 13.1 Å². The number of nitrogens with zero attached hydrogens (tertiary/aromatic N) is 5. The van der Waals surface area contributed by atoms with Gasteiger partial charge >= 0.3 is 0 Å². The largest absolute Gasteiger partial charge is 0.368 e. The number of hydrogen-bond donors (Lipinski definition) is 2. The highest BCUT2D eigenvalue weighted by Gasteiger charge is 2.08. The van der Waals surface area contributed by atoms with Gasteiger partial charge in [-0.2, -0.15) is 4.98 Å². The molecule has 0 bridgehead atoms. The lowest BCUT2D eigenvalue weighted by Gasteiger charge is -2.07. The van der Waals surface area contributed by atoms with Crippen LogP contribution in [0.1, 0.15) is 4.88 Å². The number of nitrogens with one attached hydrogen (secondary N) is 1. The molecule has 3 aromatic heterocycles. The number of hydrogen-bond acceptors (Lipinski definition) is 7. The molecule has 0 saturated heterocycles. The molecule has 0 unspecified atom stereocenters. The van der Waals surface area contributed by atoms with E-state index < -0.39 is 0 Å². The monoisotopic (exact) mass is 275 g/mol. The van der Waals surface area contributed by atoms with Crippen molar-refractivity contribution >= 4 is 33.3 Å². The summed E-state index contributed by atoms with van der Waals surface area (Å²) in [5, 5.41) is 11.9. The van der Waals surface area contributed by atoms with Gasteiger partial charge in [-0.3, -0.25) is 4.68 Å². The molecule has 0 saturated carbocycles. The van der Waals surface area contributed by atoms with E-state index in [9.17, 15) is 0 Å². The summed E-state index contributed by atoms with van der Waals surface area (Å²) >= 11 is 1.61. The van der Waals surface area contributed by atoms with Gasteiger partial charge < -0.3 is 11.1 Å². The van der Waals surface area contributed by atoms with Crippen LogP contribution in [0, 0.1) is 6.92 Å². The van der Waals surface area contributed by atoms with Gasteiger partial charge in [0.25, 0.3) is 0 Å². The standard InChI is InChI=1S/C11H13N7S/c1-7-6-8-9(15-11(12)16-10(8)19-7)13-2-4-18-5-3-14-17-18/h3,5-6H,2,4H2,1H3,(H3,12,13,15,16). The quantitative estimate of drug-likeness (QED) is 0.745. The first kappa shape index (κ1) is 11.8. The second-order valence-corrected chi connectivity index (χ2v) is 5.33. The molecule has 0 aromatic carbocycles. The number of nitrogens with two attached hydrogens (primary N) is 1. The highest BCUT2D eigenvalue weighted by molar-refractivity contribution is 7.18. The predicted octanol–water partition coefficient (Wildman–Crippen LogP) is 1.29. The minimum absolute atomic E-state index is 0.289. The average Bonchev–Trinajstić information content (AvgIpc) is 2.97. The molecule has 0 aliphatic carbocycles. The Kier molecular flexibility index (Phi) is 3.00. The number of anilines is 2. The molecule has 8 heteroatoms. The Morgan fingerprint density at radius 2 is 2.32 bits per heavy atom. The zero-order valence-electron chi connectivity index (χ0n) is 10.4. The summed E-state index contributed by atoms with van der Waals surface area (Å²) in [7, 11) is 0. The molecule has 3 N–H and O–H groups in total. The first-order valence-electron chi connectivity index (χ1n) is 5.84. The van der Waals surface area contributed by atoms with Crippen molar-refractivity contribution in [1.29, 1.82) is 0 Å². The van der Waals surface area contributed by atoms with Crippen molar-refractivity contribution < 1.29 is 0 Å². The van der Waals surface area contributed by atoms with Gasteiger partial charge in [0, 0.05) is 17.6 Å². The fourth-order valence-electron chi connectivity index (χ4n) is 1.83. The first-order valence-corrected chi connectivity index (χ1v) is 6.65. The molecular formula is C11H13N7S. The molecule has 0 spiro atoms. The van der Waals surface area contributed by atoms with E-state index in [1.54, 1.807) is 22.2 Å². The molecule has 3 aromatic rings. The summed E-state index contributed by atoms with van der Waals surface area (Å²) in [5.74, 6) is 1.06. The van der Waals surface area contributed by atoms with E-state index in [0.717, 1.165) is 16.0 Å². The number of nitrogen functional groups attached to an aromatic ring is 1. The van der Waals surface area contributed by atoms with Crippen LogP contribution in [-0.4, -0.2) is 31.5 Å². The van der Waals surface area contributed by atoms with Crippen molar-refractivity contribution in [3.63, 3.8) is 0 Å².